The van der Waals surface area contributed by atoms with Crippen molar-refractivity contribution in [2.75, 3.05) is 13.2 Å². The Hall–Kier alpha value is -2.02. The van der Waals surface area contributed by atoms with E-state index in [1.54, 1.807) is 0 Å². The molecule has 0 radical (unpaired) electrons. The van der Waals surface area contributed by atoms with Gasteiger partial charge in [0.15, 0.2) is 0 Å². The fourth-order valence-electron chi connectivity index (χ4n) is 2.95. The Labute approximate surface area is 166 Å². The molecule has 1 nitrogen and oxygen atoms in total. The molecule has 2 aromatic carbocycles. The Balaban J connectivity index is 2.01. The molecule has 0 saturated heterocycles. The molecule has 2 rings (SSSR count). The van der Waals surface area contributed by atoms with Gasteiger partial charge in [-0.25, -0.2) is 0 Å². The largest absolute Gasteiger partial charge is 0.416 e. The monoisotopic (exact) mass is 418 g/mol. The quantitative estimate of drug-likeness (QED) is 0.459. The van der Waals surface area contributed by atoms with Crippen LogP contribution in [0.3, 0.4) is 0 Å². The van der Waals surface area contributed by atoms with Gasteiger partial charge in [0.25, 0.3) is 0 Å². The summed E-state index contributed by atoms with van der Waals surface area (Å²) in [6.45, 7) is 7.95. The highest BCUT2D eigenvalue weighted by Crippen LogP contribution is 2.33. The summed E-state index contributed by atoms with van der Waals surface area (Å²) in [6, 6.07) is 9.93. The van der Waals surface area contributed by atoms with E-state index in [0.717, 1.165) is 24.3 Å². The smallest absolute Gasteiger partial charge is 0.380 e. The van der Waals surface area contributed by atoms with Crippen molar-refractivity contribution in [2.45, 2.75) is 50.9 Å². The zero-order chi connectivity index (χ0) is 22.1. The molecule has 2 aromatic rings. The first-order chi connectivity index (χ1) is 13.1. The minimum atomic E-state index is -4.38. The van der Waals surface area contributed by atoms with Gasteiger partial charge in [-0.3, -0.25) is 0 Å². The zero-order valence-electron chi connectivity index (χ0n) is 16.7. The Morgan fingerprint density at radius 1 is 0.517 bits per heavy atom. The topological polar surface area (TPSA) is 9.23 Å². The molecule has 7 heteroatoms. The molecule has 0 heterocycles. The summed E-state index contributed by atoms with van der Waals surface area (Å²) in [6.07, 6.45) is -8.77. The van der Waals surface area contributed by atoms with Crippen molar-refractivity contribution >= 4 is 0 Å². The van der Waals surface area contributed by atoms with Crippen molar-refractivity contribution in [2.24, 2.45) is 0 Å². The predicted molar refractivity (Wildman–Crippen MR) is 99.8 cm³/mol. The van der Waals surface area contributed by atoms with Gasteiger partial charge in [0.05, 0.1) is 24.3 Å². The number of hydrogen-bond donors (Lipinski definition) is 0. The van der Waals surface area contributed by atoms with Crippen molar-refractivity contribution in [3.8, 4) is 0 Å². The summed E-state index contributed by atoms with van der Waals surface area (Å²) in [7, 11) is 0. The van der Waals surface area contributed by atoms with Gasteiger partial charge in [-0.05, 0) is 35.4 Å². The lowest BCUT2D eigenvalue weighted by molar-refractivity contribution is -0.138. The number of alkyl halides is 6. The first kappa shape index (κ1) is 23.3. The van der Waals surface area contributed by atoms with Gasteiger partial charge in [0, 0.05) is 10.8 Å². The lowest BCUT2D eigenvalue weighted by Crippen LogP contribution is -2.30. The summed E-state index contributed by atoms with van der Waals surface area (Å²) < 4.78 is 82.1. The molecule has 0 amide bonds. The highest BCUT2D eigenvalue weighted by Gasteiger charge is 2.32. The van der Waals surface area contributed by atoms with Gasteiger partial charge in [0.1, 0.15) is 0 Å². The van der Waals surface area contributed by atoms with Crippen LogP contribution < -0.4 is 0 Å². The van der Waals surface area contributed by atoms with Crippen molar-refractivity contribution in [1.82, 2.24) is 0 Å². The molecular formula is C22H24F6O. The zero-order valence-corrected chi connectivity index (χ0v) is 16.7. The van der Waals surface area contributed by atoms with E-state index in [-0.39, 0.29) is 13.2 Å². The van der Waals surface area contributed by atoms with Crippen LogP contribution in [-0.4, -0.2) is 13.2 Å². The molecule has 0 saturated carbocycles. The third-order valence-electron chi connectivity index (χ3n) is 4.91. The fourth-order valence-corrected chi connectivity index (χ4v) is 2.95. The van der Waals surface area contributed by atoms with Crippen molar-refractivity contribution in [3.05, 3.63) is 70.8 Å². The second-order valence-electron chi connectivity index (χ2n) is 8.41. The highest BCUT2D eigenvalue weighted by atomic mass is 19.4. The Morgan fingerprint density at radius 2 is 0.759 bits per heavy atom. The maximum atomic E-state index is 12.7. The molecule has 0 fully saturated rings. The number of hydrogen-bond acceptors (Lipinski definition) is 1. The van der Waals surface area contributed by atoms with E-state index in [9.17, 15) is 26.3 Å². The molecule has 29 heavy (non-hydrogen) atoms. The van der Waals surface area contributed by atoms with E-state index < -0.39 is 34.3 Å². The molecular weight excluding hydrogens is 394 g/mol. The lowest BCUT2D eigenvalue weighted by atomic mass is 9.83. The lowest BCUT2D eigenvalue weighted by Gasteiger charge is -2.30. The van der Waals surface area contributed by atoms with Crippen LogP contribution in [-0.2, 0) is 27.9 Å². The van der Waals surface area contributed by atoms with Crippen LogP contribution in [0, 0.1) is 0 Å². The number of halogens is 6. The third kappa shape index (κ3) is 5.98. The van der Waals surface area contributed by atoms with Crippen molar-refractivity contribution < 1.29 is 31.1 Å². The SMILES string of the molecule is CC(C)(COCC(C)(C)c1ccc(C(F)(F)F)cc1)c1ccc(C(F)(F)F)cc1. The molecule has 0 atom stereocenters. The Kier molecular flexibility index (Phi) is 6.43. The summed E-state index contributed by atoms with van der Waals surface area (Å²) >= 11 is 0. The maximum absolute atomic E-state index is 12.7. The molecule has 0 N–H and O–H groups in total. The molecule has 0 unspecified atom stereocenters. The van der Waals surface area contributed by atoms with E-state index in [2.05, 4.69) is 0 Å². The van der Waals surface area contributed by atoms with Crippen LogP contribution in [0.5, 0.6) is 0 Å². The van der Waals surface area contributed by atoms with Gasteiger partial charge in [-0.2, -0.15) is 26.3 Å². The van der Waals surface area contributed by atoms with Gasteiger partial charge in [0.2, 0.25) is 0 Å². The molecule has 0 bridgehead atoms. The molecule has 0 spiro atoms. The van der Waals surface area contributed by atoms with Crippen LogP contribution in [0.1, 0.15) is 49.9 Å². The number of benzene rings is 2. The van der Waals surface area contributed by atoms with E-state index in [1.165, 1.54) is 24.3 Å². The second-order valence-corrected chi connectivity index (χ2v) is 8.41. The summed E-state index contributed by atoms with van der Waals surface area (Å²) in [5, 5.41) is 0. The summed E-state index contributed by atoms with van der Waals surface area (Å²) in [4.78, 5) is 0. The number of rotatable bonds is 6. The first-order valence-corrected chi connectivity index (χ1v) is 9.06. The third-order valence-corrected chi connectivity index (χ3v) is 4.91. The van der Waals surface area contributed by atoms with Crippen LogP contribution in [0.2, 0.25) is 0 Å². The Morgan fingerprint density at radius 3 is 1.00 bits per heavy atom. The number of ether oxygens (including phenoxy) is 1. The fraction of sp³-hybridized carbons (Fsp3) is 0.455. The molecule has 0 aliphatic carbocycles. The van der Waals surface area contributed by atoms with Gasteiger partial charge < -0.3 is 4.74 Å². The van der Waals surface area contributed by atoms with E-state index in [1.807, 2.05) is 27.7 Å². The van der Waals surface area contributed by atoms with Gasteiger partial charge >= 0.3 is 12.4 Å². The minimum absolute atomic E-state index is 0.252. The molecule has 0 aliphatic heterocycles. The Bertz CT molecular complexity index is 730. The normalized spacial score (nSPS) is 13.6. The minimum Gasteiger partial charge on any atom is -0.380 e. The molecule has 0 aromatic heterocycles. The maximum Gasteiger partial charge on any atom is 0.416 e. The second kappa shape index (κ2) is 8.01. The van der Waals surface area contributed by atoms with Crippen LogP contribution in [0.15, 0.2) is 48.5 Å². The average molecular weight is 418 g/mol. The molecule has 160 valence electrons. The van der Waals surface area contributed by atoms with Crippen LogP contribution in [0.25, 0.3) is 0 Å². The first-order valence-electron chi connectivity index (χ1n) is 9.06. The summed E-state index contributed by atoms with van der Waals surface area (Å²) in [5.41, 5.74) is -1.06. The summed E-state index contributed by atoms with van der Waals surface area (Å²) in [5.74, 6) is 0. The van der Waals surface area contributed by atoms with Gasteiger partial charge in [-0.15, -0.1) is 0 Å². The van der Waals surface area contributed by atoms with E-state index in [4.69, 9.17) is 4.74 Å². The van der Waals surface area contributed by atoms with E-state index >= 15 is 0 Å². The standard InChI is InChI=1S/C22H24F6O/c1-19(2,15-5-9-17(10-6-15)21(23,24)25)13-29-14-20(3,4)16-7-11-18(12-8-16)22(26,27)28/h5-12H,13-14H2,1-4H3. The van der Waals surface area contributed by atoms with Crippen LogP contribution >= 0.6 is 0 Å². The van der Waals surface area contributed by atoms with Crippen molar-refractivity contribution in [3.63, 3.8) is 0 Å². The predicted octanol–water partition coefficient (Wildman–Crippen LogP) is 7.00. The highest BCUT2D eigenvalue weighted by molar-refractivity contribution is 5.31. The van der Waals surface area contributed by atoms with Crippen LogP contribution in [0.4, 0.5) is 26.3 Å². The van der Waals surface area contributed by atoms with E-state index in [0.29, 0.717) is 11.1 Å². The van der Waals surface area contributed by atoms with Gasteiger partial charge in [-0.1, -0.05) is 52.0 Å². The molecule has 0 aliphatic rings. The van der Waals surface area contributed by atoms with Crippen molar-refractivity contribution in [1.29, 1.82) is 0 Å². The average Bonchev–Trinajstić information content (AvgIpc) is 2.60.